The fourth-order valence-corrected chi connectivity index (χ4v) is 3.50. The minimum Gasteiger partial charge on any atom is -0.360 e. The number of carbonyl (C=O) groups is 1. The van der Waals surface area contributed by atoms with Gasteiger partial charge >= 0.3 is 0 Å². The number of hydrogen-bond donors (Lipinski definition) is 0. The molecule has 1 saturated carbocycles. The van der Waals surface area contributed by atoms with Gasteiger partial charge in [0.05, 0.1) is 11.5 Å². The molecule has 0 aromatic carbocycles. The zero-order chi connectivity index (χ0) is 14.2. The number of fused-ring (bicyclic) bond motifs is 3. The molecule has 3 rings (SSSR count). The van der Waals surface area contributed by atoms with Crippen molar-refractivity contribution in [2.24, 2.45) is 17.3 Å². The molecule has 2 aliphatic heterocycles. The smallest absolute Gasteiger partial charge is 0.173 e. The van der Waals surface area contributed by atoms with Crippen LogP contribution in [0.3, 0.4) is 0 Å². The number of alkyl halides is 2. The van der Waals surface area contributed by atoms with Crippen molar-refractivity contribution >= 4 is 29.0 Å². The Morgan fingerprint density at radius 3 is 2.68 bits per heavy atom. The van der Waals surface area contributed by atoms with E-state index >= 15 is 0 Å². The lowest BCUT2D eigenvalue weighted by molar-refractivity contribution is -0.149. The molecule has 0 spiro atoms. The third-order valence-corrected chi connectivity index (χ3v) is 5.53. The first-order valence-electron chi connectivity index (χ1n) is 6.98. The second-order valence-electron chi connectivity index (χ2n) is 6.33. The maximum Gasteiger partial charge on any atom is 0.173 e. The Kier molecular flexibility index (Phi) is 4.85. The molecular weight excluding hydrogens is 283 g/mol. The molecule has 2 bridgehead atoms. The summed E-state index contributed by atoms with van der Waals surface area (Å²) in [6, 6.07) is 0. The molecule has 2 radical (unpaired) electrons. The highest BCUT2D eigenvalue weighted by atomic mass is 35.5. The minimum atomic E-state index is -0.435. The van der Waals surface area contributed by atoms with E-state index in [-0.39, 0.29) is 29.1 Å². The van der Waals surface area contributed by atoms with Crippen LogP contribution in [0.1, 0.15) is 39.5 Å². The van der Waals surface area contributed by atoms with Crippen LogP contribution in [0.25, 0.3) is 0 Å². The van der Waals surface area contributed by atoms with Crippen LogP contribution < -0.4 is 0 Å². The largest absolute Gasteiger partial charge is 0.360 e. The zero-order valence-electron chi connectivity index (χ0n) is 11.6. The van der Waals surface area contributed by atoms with Crippen LogP contribution in [0.15, 0.2) is 0 Å². The van der Waals surface area contributed by atoms with Gasteiger partial charge < -0.3 is 4.74 Å². The normalized spacial score (nSPS) is 33.4. The average molecular weight is 305 g/mol. The molecule has 4 atom stereocenters. The van der Waals surface area contributed by atoms with Gasteiger partial charge in [0.2, 0.25) is 0 Å². The van der Waals surface area contributed by atoms with Gasteiger partial charge in [-0.2, -0.15) is 0 Å². The topological polar surface area (TPSA) is 26.3 Å². The van der Waals surface area contributed by atoms with E-state index in [4.69, 9.17) is 27.9 Å². The van der Waals surface area contributed by atoms with Gasteiger partial charge in [0.1, 0.15) is 0 Å². The van der Waals surface area contributed by atoms with E-state index in [1.807, 2.05) is 13.8 Å². The lowest BCUT2D eigenvalue weighted by Crippen LogP contribution is -2.50. The lowest BCUT2D eigenvalue weighted by atomic mass is 9.68. The maximum absolute atomic E-state index is 12.5. The highest BCUT2D eigenvalue weighted by Gasteiger charge is 2.50. The summed E-state index contributed by atoms with van der Waals surface area (Å²) in [5.41, 5.74) is -0.435. The van der Waals surface area contributed by atoms with Crippen molar-refractivity contribution in [1.29, 1.82) is 0 Å². The highest BCUT2D eigenvalue weighted by Crippen LogP contribution is 2.49. The number of ketones is 1. The predicted octanol–water partition coefficient (Wildman–Crippen LogP) is 4.00. The first kappa shape index (κ1) is 15.6. The van der Waals surface area contributed by atoms with Crippen LogP contribution in [-0.4, -0.2) is 23.1 Å². The van der Waals surface area contributed by atoms with E-state index in [1.165, 1.54) is 0 Å². The minimum absolute atomic E-state index is 0.0609. The average Bonchev–Trinajstić information content (AvgIpc) is 2.45. The van der Waals surface area contributed by atoms with Crippen molar-refractivity contribution in [2.45, 2.75) is 51.0 Å². The molecular formula is C15H22Cl2O2. The second kappa shape index (κ2) is 5.91. The lowest BCUT2D eigenvalue weighted by Gasteiger charge is -2.48. The monoisotopic (exact) mass is 304 g/mol. The van der Waals surface area contributed by atoms with Gasteiger partial charge in [-0.05, 0) is 31.6 Å². The number of rotatable bonds is 5. The molecule has 2 nitrogen and oxygen atoms in total. The summed E-state index contributed by atoms with van der Waals surface area (Å²) < 4.78 is 5.97. The Morgan fingerprint density at radius 1 is 1.53 bits per heavy atom. The zero-order valence-corrected chi connectivity index (χ0v) is 13.1. The van der Waals surface area contributed by atoms with Gasteiger partial charge in [0, 0.05) is 17.2 Å². The second-order valence-corrected chi connectivity index (χ2v) is 7.20. The van der Waals surface area contributed by atoms with Crippen LogP contribution in [0.4, 0.5) is 0 Å². The molecule has 19 heavy (non-hydrogen) atoms. The van der Waals surface area contributed by atoms with Crippen molar-refractivity contribution < 1.29 is 9.53 Å². The molecule has 4 heteroatoms. The Hall–Kier alpha value is 0.210. The Labute approximate surface area is 126 Å². The quantitative estimate of drug-likeness (QED) is 0.718. The summed E-state index contributed by atoms with van der Waals surface area (Å²) in [5, 5.41) is -0.0630. The molecule has 108 valence electrons. The number of Topliss-reactive ketones (excluding diaryl/α,β-unsaturated/α-hetero) is 1. The summed E-state index contributed by atoms with van der Waals surface area (Å²) in [6.07, 6.45) is 4.25. The fraction of sp³-hybridized carbons (Fsp3) is 0.800. The van der Waals surface area contributed by atoms with Crippen LogP contribution >= 0.6 is 23.2 Å². The summed E-state index contributed by atoms with van der Waals surface area (Å²) in [7, 11) is 0. The van der Waals surface area contributed by atoms with E-state index in [9.17, 15) is 4.79 Å². The molecule has 0 amide bonds. The molecule has 0 aromatic rings. The highest BCUT2D eigenvalue weighted by molar-refractivity contribution is 6.28. The summed E-state index contributed by atoms with van der Waals surface area (Å²) >= 11 is 12.1. The number of carbonyl (C=O) groups excluding carboxylic acids is 1. The molecule has 2 saturated heterocycles. The van der Waals surface area contributed by atoms with Crippen molar-refractivity contribution in [3.8, 4) is 0 Å². The number of ether oxygens (including phenoxy) is 1. The molecule has 1 aliphatic carbocycles. The Balaban J connectivity index is 2.08. The van der Waals surface area contributed by atoms with Gasteiger partial charge in [-0.15, -0.1) is 23.2 Å². The number of halogens is 2. The van der Waals surface area contributed by atoms with Gasteiger partial charge in [0.25, 0.3) is 0 Å². The Bertz CT molecular complexity index is 343. The maximum atomic E-state index is 12.5. The van der Waals surface area contributed by atoms with Crippen LogP contribution in [-0.2, 0) is 9.53 Å². The third kappa shape index (κ3) is 2.96. The van der Waals surface area contributed by atoms with E-state index in [0.29, 0.717) is 18.4 Å². The Morgan fingerprint density at radius 2 is 2.21 bits per heavy atom. The molecule has 2 heterocycles. The van der Waals surface area contributed by atoms with Gasteiger partial charge in [-0.3, -0.25) is 4.79 Å². The first-order chi connectivity index (χ1) is 8.90. The van der Waals surface area contributed by atoms with Gasteiger partial charge in [-0.25, -0.2) is 0 Å². The molecule has 0 N–H and O–H groups in total. The molecule has 0 aromatic heterocycles. The SMILES string of the molecule is [CH2]CC(C)(C)C(=O)[C]1OC2CCC1CC2C(Cl)CCl. The summed E-state index contributed by atoms with van der Waals surface area (Å²) in [4.78, 5) is 12.5. The van der Waals surface area contributed by atoms with E-state index < -0.39 is 5.41 Å². The van der Waals surface area contributed by atoms with Gasteiger partial charge in [-0.1, -0.05) is 20.8 Å². The molecule has 3 fully saturated rings. The van der Waals surface area contributed by atoms with Crippen molar-refractivity contribution in [3.63, 3.8) is 0 Å². The van der Waals surface area contributed by atoms with Gasteiger partial charge in [0.15, 0.2) is 11.9 Å². The third-order valence-electron chi connectivity index (χ3n) is 4.56. The summed E-state index contributed by atoms with van der Waals surface area (Å²) in [6.45, 7) is 7.73. The van der Waals surface area contributed by atoms with E-state index in [2.05, 4.69) is 6.92 Å². The van der Waals surface area contributed by atoms with Crippen LogP contribution in [0, 0.1) is 30.3 Å². The number of hydrogen-bond acceptors (Lipinski definition) is 2. The van der Waals surface area contributed by atoms with Crippen LogP contribution in [0.2, 0.25) is 0 Å². The standard InChI is InChI=1S/C15H22Cl2O2/c1-4-15(2,3)14(18)13-9-5-6-12(19-13)10(7-9)11(17)8-16/h9-12H,1,4-8H2,2-3H3. The fourth-order valence-electron chi connectivity index (χ4n) is 3.00. The predicted molar refractivity (Wildman–Crippen MR) is 78.1 cm³/mol. The van der Waals surface area contributed by atoms with Crippen LogP contribution in [0.5, 0.6) is 0 Å². The molecule has 4 unspecified atom stereocenters. The summed E-state index contributed by atoms with van der Waals surface area (Å²) in [5.74, 6) is 1.05. The van der Waals surface area contributed by atoms with Crippen molar-refractivity contribution in [3.05, 3.63) is 13.0 Å². The van der Waals surface area contributed by atoms with E-state index in [0.717, 1.165) is 19.3 Å². The first-order valence-corrected chi connectivity index (χ1v) is 7.95. The molecule has 3 aliphatic rings. The van der Waals surface area contributed by atoms with Crippen molar-refractivity contribution in [2.75, 3.05) is 5.88 Å². The van der Waals surface area contributed by atoms with Crippen molar-refractivity contribution in [1.82, 2.24) is 0 Å². The van der Waals surface area contributed by atoms with E-state index in [1.54, 1.807) is 0 Å².